The van der Waals surface area contributed by atoms with Gasteiger partial charge in [-0.3, -0.25) is 4.79 Å². The average molecular weight is 367 g/mol. The molecule has 2 heterocycles. The first-order valence-corrected chi connectivity index (χ1v) is 9.27. The molecule has 0 saturated carbocycles. The molecule has 0 atom stereocenters. The third kappa shape index (κ3) is 3.48. The van der Waals surface area contributed by atoms with E-state index in [0.717, 1.165) is 22.6 Å². The molecule has 3 rings (SSSR count). The molecule has 134 valence electrons. The van der Waals surface area contributed by atoms with Gasteiger partial charge in [-0.1, -0.05) is 17.7 Å². The third-order valence-corrected chi connectivity index (χ3v) is 5.40. The molecule has 0 saturated heterocycles. The number of hydrogen-bond acceptors (Lipinski definition) is 4. The Hall–Kier alpha value is -2.66. The summed E-state index contributed by atoms with van der Waals surface area (Å²) in [5, 5.41) is 1.84. The minimum absolute atomic E-state index is 0.195. The Balaban J connectivity index is 1.78. The maximum absolute atomic E-state index is 12.6. The highest BCUT2D eigenvalue weighted by molar-refractivity contribution is 7.12. The van der Waals surface area contributed by atoms with Gasteiger partial charge in [0.15, 0.2) is 6.61 Å². The van der Waals surface area contributed by atoms with E-state index in [1.165, 1.54) is 16.9 Å². The van der Waals surface area contributed by atoms with E-state index < -0.39 is 5.97 Å². The SMILES string of the molecule is Cc1ccc(-n2c(C)cc(C(=O)COC(=O)c3sccc3C)c2C)cc1. The van der Waals surface area contributed by atoms with Crippen molar-refractivity contribution >= 4 is 23.1 Å². The molecule has 0 radical (unpaired) electrons. The maximum atomic E-state index is 12.6. The van der Waals surface area contributed by atoms with Crippen LogP contribution in [0.3, 0.4) is 0 Å². The Morgan fingerprint density at radius 1 is 1.04 bits per heavy atom. The Morgan fingerprint density at radius 3 is 2.35 bits per heavy atom. The highest BCUT2D eigenvalue weighted by atomic mass is 32.1. The largest absolute Gasteiger partial charge is 0.453 e. The first kappa shape index (κ1) is 18.1. The molecule has 0 aliphatic rings. The predicted molar refractivity (Wildman–Crippen MR) is 104 cm³/mol. The topological polar surface area (TPSA) is 48.3 Å². The van der Waals surface area contributed by atoms with Gasteiger partial charge >= 0.3 is 5.97 Å². The van der Waals surface area contributed by atoms with Crippen LogP contribution in [0.5, 0.6) is 0 Å². The number of ether oxygens (including phenoxy) is 1. The summed E-state index contributed by atoms with van der Waals surface area (Å²) in [6, 6.07) is 11.9. The predicted octanol–water partition coefficient (Wildman–Crippen LogP) is 4.81. The number of carbonyl (C=O) groups excluding carboxylic acids is 2. The van der Waals surface area contributed by atoms with Crippen LogP contribution in [0, 0.1) is 27.7 Å². The Kier molecular flexibility index (Phi) is 5.09. The summed E-state index contributed by atoms with van der Waals surface area (Å²) in [4.78, 5) is 25.2. The van der Waals surface area contributed by atoms with Crippen molar-refractivity contribution in [2.24, 2.45) is 0 Å². The first-order chi connectivity index (χ1) is 12.4. The van der Waals surface area contributed by atoms with Gasteiger partial charge < -0.3 is 9.30 Å². The van der Waals surface area contributed by atoms with E-state index in [4.69, 9.17) is 4.74 Å². The highest BCUT2D eigenvalue weighted by Gasteiger charge is 2.19. The molecule has 0 amide bonds. The monoisotopic (exact) mass is 367 g/mol. The van der Waals surface area contributed by atoms with Gasteiger partial charge in [0, 0.05) is 22.6 Å². The van der Waals surface area contributed by atoms with Gasteiger partial charge in [-0.2, -0.15) is 0 Å². The van der Waals surface area contributed by atoms with Crippen LogP contribution in [-0.2, 0) is 4.74 Å². The summed E-state index contributed by atoms with van der Waals surface area (Å²) in [5.74, 6) is -0.641. The number of rotatable bonds is 5. The molecule has 26 heavy (non-hydrogen) atoms. The summed E-state index contributed by atoms with van der Waals surface area (Å²) in [5.41, 5.74) is 5.46. The van der Waals surface area contributed by atoms with Crippen LogP contribution < -0.4 is 0 Å². The number of benzene rings is 1. The second-order valence-corrected chi connectivity index (χ2v) is 7.30. The van der Waals surface area contributed by atoms with Crippen molar-refractivity contribution in [2.45, 2.75) is 27.7 Å². The Labute approximate surface area is 157 Å². The van der Waals surface area contributed by atoms with Gasteiger partial charge in [0.05, 0.1) is 0 Å². The van der Waals surface area contributed by atoms with Crippen molar-refractivity contribution in [3.05, 3.63) is 74.7 Å². The van der Waals surface area contributed by atoms with Gasteiger partial charge in [-0.15, -0.1) is 11.3 Å². The number of nitrogens with zero attached hydrogens (tertiary/aromatic N) is 1. The summed E-state index contributed by atoms with van der Waals surface area (Å²) < 4.78 is 7.26. The quantitative estimate of drug-likeness (QED) is 0.480. The fourth-order valence-corrected chi connectivity index (χ4v) is 3.81. The second kappa shape index (κ2) is 7.30. The lowest BCUT2D eigenvalue weighted by Gasteiger charge is -2.10. The molecule has 2 aromatic heterocycles. The van der Waals surface area contributed by atoms with Gasteiger partial charge in [0.1, 0.15) is 4.88 Å². The minimum Gasteiger partial charge on any atom is -0.453 e. The van der Waals surface area contributed by atoms with E-state index in [0.29, 0.717) is 10.4 Å². The highest BCUT2D eigenvalue weighted by Crippen LogP contribution is 2.22. The summed E-state index contributed by atoms with van der Waals surface area (Å²) in [6.07, 6.45) is 0. The van der Waals surface area contributed by atoms with E-state index >= 15 is 0 Å². The normalized spacial score (nSPS) is 10.8. The molecule has 0 bridgehead atoms. The number of esters is 1. The molecule has 0 fully saturated rings. The van der Waals surface area contributed by atoms with Crippen LogP contribution in [0.4, 0.5) is 0 Å². The first-order valence-electron chi connectivity index (χ1n) is 8.39. The zero-order chi connectivity index (χ0) is 18.8. The molecular formula is C21H21NO3S. The lowest BCUT2D eigenvalue weighted by molar-refractivity contribution is 0.0478. The van der Waals surface area contributed by atoms with Crippen molar-refractivity contribution in [1.82, 2.24) is 4.57 Å². The summed E-state index contributed by atoms with van der Waals surface area (Å²) >= 11 is 1.32. The molecule has 0 spiro atoms. The molecule has 4 nitrogen and oxygen atoms in total. The summed E-state index contributed by atoms with van der Waals surface area (Å²) in [7, 11) is 0. The van der Waals surface area contributed by atoms with Crippen LogP contribution in [0.25, 0.3) is 5.69 Å². The lowest BCUT2D eigenvalue weighted by atomic mass is 10.1. The summed E-state index contributed by atoms with van der Waals surface area (Å²) in [6.45, 7) is 7.51. The van der Waals surface area contributed by atoms with Gasteiger partial charge in [-0.25, -0.2) is 4.79 Å². The molecule has 1 aromatic carbocycles. The second-order valence-electron chi connectivity index (χ2n) is 6.39. The number of carbonyl (C=O) groups is 2. The molecule has 0 aliphatic carbocycles. The van der Waals surface area contributed by atoms with Gasteiger partial charge in [-0.05, 0) is 62.9 Å². The van der Waals surface area contributed by atoms with E-state index in [1.54, 1.807) is 0 Å². The van der Waals surface area contributed by atoms with Crippen molar-refractivity contribution in [1.29, 1.82) is 0 Å². The molecule has 0 unspecified atom stereocenters. The third-order valence-electron chi connectivity index (χ3n) is 4.41. The van der Waals surface area contributed by atoms with E-state index in [2.05, 4.69) is 0 Å². The fourth-order valence-electron chi connectivity index (χ4n) is 2.99. The maximum Gasteiger partial charge on any atom is 0.349 e. The van der Waals surface area contributed by atoms with Crippen LogP contribution >= 0.6 is 11.3 Å². The Bertz CT molecular complexity index is 964. The Morgan fingerprint density at radius 2 is 1.73 bits per heavy atom. The molecule has 5 heteroatoms. The average Bonchev–Trinajstić information content (AvgIpc) is 3.17. The fraction of sp³-hybridized carbons (Fsp3) is 0.238. The zero-order valence-electron chi connectivity index (χ0n) is 15.3. The number of aryl methyl sites for hydroxylation is 3. The van der Waals surface area contributed by atoms with E-state index in [1.807, 2.05) is 74.0 Å². The molecule has 0 aliphatic heterocycles. The number of hydrogen-bond donors (Lipinski definition) is 0. The molecular weight excluding hydrogens is 346 g/mol. The lowest BCUT2D eigenvalue weighted by Crippen LogP contribution is -2.14. The van der Waals surface area contributed by atoms with Crippen molar-refractivity contribution < 1.29 is 14.3 Å². The van der Waals surface area contributed by atoms with E-state index in [-0.39, 0.29) is 12.4 Å². The standard InChI is InChI=1S/C21H21NO3S/c1-13-5-7-17(8-6-13)22-15(3)11-18(16(22)4)19(23)12-25-21(24)20-14(2)9-10-26-20/h5-11H,12H2,1-4H3. The van der Waals surface area contributed by atoms with E-state index in [9.17, 15) is 9.59 Å². The van der Waals surface area contributed by atoms with Crippen LogP contribution in [0.15, 0.2) is 41.8 Å². The molecule has 3 aromatic rings. The van der Waals surface area contributed by atoms with Gasteiger partial charge in [0.2, 0.25) is 5.78 Å². The minimum atomic E-state index is -0.446. The zero-order valence-corrected chi connectivity index (χ0v) is 16.1. The van der Waals surface area contributed by atoms with Gasteiger partial charge in [0.25, 0.3) is 0 Å². The van der Waals surface area contributed by atoms with Crippen molar-refractivity contribution in [2.75, 3.05) is 6.61 Å². The van der Waals surface area contributed by atoms with Crippen LogP contribution in [0.2, 0.25) is 0 Å². The van der Waals surface area contributed by atoms with Crippen LogP contribution in [-0.4, -0.2) is 22.9 Å². The smallest absolute Gasteiger partial charge is 0.349 e. The number of aromatic nitrogens is 1. The molecule has 0 N–H and O–H groups in total. The number of Topliss-reactive ketones (excluding diaryl/α,β-unsaturated/α-hetero) is 1. The number of thiophene rings is 1. The van der Waals surface area contributed by atoms with Crippen molar-refractivity contribution in [3.63, 3.8) is 0 Å². The van der Waals surface area contributed by atoms with Crippen LogP contribution in [0.1, 0.15) is 42.5 Å². The van der Waals surface area contributed by atoms with Crippen molar-refractivity contribution in [3.8, 4) is 5.69 Å². The number of ketones is 1.